The summed E-state index contributed by atoms with van der Waals surface area (Å²) >= 11 is 1.33. The molecule has 1 aliphatic heterocycles. The molecular formula is C28H32N4O3S. The van der Waals surface area contributed by atoms with Gasteiger partial charge in [0, 0.05) is 31.7 Å². The van der Waals surface area contributed by atoms with Crippen molar-refractivity contribution in [3.8, 4) is 22.8 Å². The van der Waals surface area contributed by atoms with E-state index in [-0.39, 0.29) is 5.91 Å². The van der Waals surface area contributed by atoms with Gasteiger partial charge in [-0.3, -0.25) is 9.59 Å². The molecule has 1 aromatic heterocycles. The molecule has 8 heteroatoms. The molecule has 1 aliphatic rings. The van der Waals surface area contributed by atoms with Gasteiger partial charge in [0.25, 0.3) is 5.91 Å². The zero-order chi connectivity index (χ0) is 25.3. The van der Waals surface area contributed by atoms with Crippen LogP contribution in [0.5, 0.6) is 11.5 Å². The molecule has 2 N–H and O–H groups in total. The molecule has 2 amide bonds. The standard InChI is InChI=1S/C28H32N4O3S/c1-2-24(33)31-17-8-3-4-9-18-32(20-10-19-31)28-30-25(26(36-28)27(29)34)21-13-15-23(16-14-21)35-22-11-6-5-7-12-22/h2,5-7,11-16H,1,3-4,8-10,17-20H2,(H2,29,34). The minimum Gasteiger partial charge on any atom is -0.457 e. The molecule has 3 aromatic rings. The summed E-state index contributed by atoms with van der Waals surface area (Å²) in [4.78, 5) is 33.9. The van der Waals surface area contributed by atoms with Gasteiger partial charge in [-0.05, 0) is 61.7 Å². The smallest absolute Gasteiger partial charge is 0.261 e. The van der Waals surface area contributed by atoms with Gasteiger partial charge in [0.2, 0.25) is 5.91 Å². The molecule has 2 aromatic carbocycles. The number of carbonyl (C=O) groups excluding carboxylic acids is 2. The van der Waals surface area contributed by atoms with Crippen molar-refractivity contribution in [3.63, 3.8) is 0 Å². The van der Waals surface area contributed by atoms with Gasteiger partial charge in [-0.15, -0.1) is 0 Å². The Morgan fingerprint density at radius 1 is 0.889 bits per heavy atom. The first-order chi connectivity index (χ1) is 17.5. The number of hydrogen-bond donors (Lipinski definition) is 1. The molecule has 1 fully saturated rings. The summed E-state index contributed by atoms with van der Waals surface area (Å²) in [6.07, 6.45) is 6.38. The van der Waals surface area contributed by atoms with Crippen LogP contribution >= 0.6 is 11.3 Å². The number of hydrogen-bond acceptors (Lipinski definition) is 6. The van der Waals surface area contributed by atoms with Crippen LogP contribution in [0.25, 0.3) is 11.3 Å². The molecule has 0 bridgehead atoms. The van der Waals surface area contributed by atoms with Crippen LogP contribution in [0.3, 0.4) is 0 Å². The molecule has 0 radical (unpaired) electrons. The Bertz CT molecular complexity index is 1180. The summed E-state index contributed by atoms with van der Waals surface area (Å²) in [5.74, 6) is 0.950. The Hall–Kier alpha value is -3.65. The van der Waals surface area contributed by atoms with Crippen LogP contribution in [-0.2, 0) is 4.79 Å². The summed E-state index contributed by atoms with van der Waals surface area (Å²) < 4.78 is 5.89. The van der Waals surface area contributed by atoms with Crippen LogP contribution in [0.1, 0.15) is 41.8 Å². The van der Waals surface area contributed by atoms with Gasteiger partial charge in [-0.2, -0.15) is 0 Å². The number of thiazole rings is 1. The van der Waals surface area contributed by atoms with Crippen molar-refractivity contribution >= 4 is 28.3 Å². The fourth-order valence-corrected chi connectivity index (χ4v) is 5.28. The minimum atomic E-state index is -0.487. The fourth-order valence-electron chi connectivity index (χ4n) is 4.29. The first kappa shape index (κ1) is 25.4. The predicted octanol–water partition coefficient (Wildman–Crippen LogP) is 5.49. The fraction of sp³-hybridized carbons (Fsp3) is 0.321. The Morgan fingerprint density at radius 2 is 1.53 bits per heavy atom. The molecule has 2 heterocycles. The van der Waals surface area contributed by atoms with Gasteiger partial charge < -0.3 is 20.3 Å². The van der Waals surface area contributed by atoms with Crippen molar-refractivity contribution < 1.29 is 14.3 Å². The number of aromatic nitrogens is 1. The van der Waals surface area contributed by atoms with E-state index in [0.29, 0.717) is 22.9 Å². The SMILES string of the molecule is C=CC(=O)N1CCCCCCN(c2nc(-c3ccc(Oc4ccccc4)cc3)c(C(N)=O)s2)CCC1. The average molecular weight is 505 g/mol. The minimum absolute atomic E-state index is 0.0203. The van der Waals surface area contributed by atoms with E-state index in [2.05, 4.69) is 11.5 Å². The van der Waals surface area contributed by atoms with Gasteiger partial charge in [0.05, 0.1) is 5.69 Å². The zero-order valence-corrected chi connectivity index (χ0v) is 21.2. The maximum atomic E-state index is 12.3. The Morgan fingerprint density at radius 3 is 2.22 bits per heavy atom. The monoisotopic (exact) mass is 504 g/mol. The lowest BCUT2D eigenvalue weighted by Gasteiger charge is -2.24. The first-order valence-corrected chi connectivity index (χ1v) is 13.2. The Balaban J connectivity index is 1.53. The molecule has 7 nitrogen and oxygen atoms in total. The van der Waals surface area contributed by atoms with Gasteiger partial charge in [-0.1, -0.05) is 49.0 Å². The Kier molecular flexibility index (Phi) is 8.73. The molecular weight excluding hydrogens is 472 g/mol. The van der Waals surface area contributed by atoms with Gasteiger partial charge >= 0.3 is 0 Å². The number of benzene rings is 2. The van der Waals surface area contributed by atoms with E-state index in [1.807, 2.05) is 59.5 Å². The second-order valence-electron chi connectivity index (χ2n) is 8.76. The summed E-state index contributed by atoms with van der Waals surface area (Å²) in [7, 11) is 0. The van der Waals surface area contributed by atoms with E-state index in [1.54, 1.807) is 0 Å². The van der Waals surface area contributed by atoms with E-state index >= 15 is 0 Å². The molecule has 36 heavy (non-hydrogen) atoms. The lowest BCUT2D eigenvalue weighted by atomic mass is 10.1. The van der Waals surface area contributed by atoms with Crippen LogP contribution in [-0.4, -0.2) is 47.9 Å². The van der Waals surface area contributed by atoms with Crippen LogP contribution < -0.4 is 15.4 Å². The lowest BCUT2D eigenvalue weighted by Crippen LogP contribution is -2.34. The van der Waals surface area contributed by atoms with E-state index in [0.717, 1.165) is 68.2 Å². The molecule has 0 saturated carbocycles. The van der Waals surface area contributed by atoms with Gasteiger partial charge in [0.15, 0.2) is 5.13 Å². The number of ether oxygens (including phenoxy) is 1. The van der Waals surface area contributed by atoms with Crippen molar-refractivity contribution in [1.82, 2.24) is 9.88 Å². The molecule has 4 rings (SSSR count). The van der Waals surface area contributed by atoms with Crippen LogP contribution in [0, 0.1) is 0 Å². The quantitative estimate of drug-likeness (QED) is 0.449. The molecule has 0 spiro atoms. The van der Waals surface area contributed by atoms with Crippen LogP contribution in [0.15, 0.2) is 67.3 Å². The second kappa shape index (κ2) is 12.4. The van der Waals surface area contributed by atoms with Crippen molar-refractivity contribution in [1.29, 1.82) is 0 Å². The molecule has 0 atom stereocenters. The van der Waals surface area contributed by atoms with Crippen molar-refractivity contribution in [2.45, 2.75) is 32.1 Å². The van der Waals surface area contributed by atoms with Gasteiger partial charge in [0.1, 0.15) is 16.4 Å². The van der Waals surface area contributed by atoms with Gasteiger partial charge in [-0.25, -0.2) is 4.98 Å². The number of nitrogens with zero attached hydrogens (tertiary/aromatic N) is 3. The van der Waals surface area contributed by atoms with E-state index in [4.69, 9.17) is 15.5 Å². The summed E-state index contributed by atoms with van der Waals surface area (Å²) in [5.41, 5.74) is 7.15. The predicted molar refractivity (Wildman–Crippen MR) is 145 cm³/mol. The van der Waals surface area contributed by atoms with Crippen LogP contribution in [0.2, 0.25) is 0 Å². The topological polar surface area (TPSA) is 88.8 Å². The number of anilines is 1. The van der Waals surface area contributed by atoms with E-state index in [1.165, 1.54) is 17.4 Å². The number of nitrogens with two attached hydrogens (primary N) is 1. The zero-order valence-electron chi connectivity index (χ0n) is 20.4. The third-order valence-electron chi connectivity index (χ3n) is 6.17. The number of para-hydroxylation sites is 1. The van der Waals surface area contributed by atoms with Crippen molar-refractivity contribution in [2.75, 3.05) is 31.1 Å². The first-order valence-electron chi connectivity index (χ1n) is 12.4. The molecule has 0 unspecified atom stereocenters. The second-order valence-corrected chi connectivity index (χ2v) is 9.74. The summed E-state index contributed by atoms with van der Waals surface area (Å²) in [6.45, 7) is 6.67. The van der Waals surface area contributed by atoms with E-state index in [9.17, 15) is 9.59 Å². The number of primary amides is 1. The molecule has 0 aliphatic carbocycles. The highest BCUT2D eigenvalue weighted by Crippen LogP contribution is 2.34. The third kappa shape index (κ3) is 6.51. The van der Waals surface area contributed by atoms with E-state index < -0.39 is 5.91 Å². The van der Waals surface area contributed by atoms with Crippen molar-refractivity contribution in [2.24, 2.45) is 5.73 Å². The third-order valence-corrected chi connectivity index (χ3v) is 7.30. The highest BCUT2D eigenvalue weighted by atomic mass is 32.1. The largest absolute Gasteiger partial charge is 0.457 e. The number of rotatable bonds is 6. The average Bonchev–Trinajstić information content (AvgIpc) is 3.32. The Labute approximate surface area is 216 Å². The maximum Gasteiger partial charge on any atom is 0.261 e. The maximum absolute atomic E-state index is 12.3. The summed E-state index contributed by atoms with van der Waals surface area (Å²) in [6, 6.07) is 17.1. The number of amides is 2. The summed E-state index contributed by atoms with van der Waals surface area (Å²) in [5, 5.41) is 0.782. The van der Waals surface area contributed by atoms with Crippen molar-refractivity contribution in [3.05, 3.63) is 72.1 Å². The lowest BCUT2D eigenvalue weighted by molar-refractivity contribution is -0.126. The highest BCUT2D eigenvalue weighted by Gasteiger charge is 2.22. The number of carbonyl (C=O) groups is 2. The van der Waals surface area contributed by atoms with Crippen LogP contribution in [0.4, 0.5) is 5.13 Å². The normalized spacial score (nSPS) is 15.1. The highest BCUT2D eigenvalue weighted by molar-refractivity contribution is 7.18. The molecule has 188 valence electrons. The molecule has 1 saturated heterocycles.